The van der Waals surface area contributed by atoms with Crippen LogP contribution in [-0.2, 0) is 14.9 Å². The van der Waals surface area contributed by atoms with Gasteiger partial charge in [0.2, 0.25) is 0 Å². The van der Waals surface area contributed by atoms with Gasteiger partial charge >= 0.3 is 15.6 Å². The largest absolute Gasteiger partial charge is 0.522 e. The average molecular weight is 208 g/mol. The molecule has 1 aliphatic heterocycles. The summed E-state index contributed by atoms with van der Waals surface area (Å²) in [5, 5.41) is 0. The molecule has 1 rings (SSSR count). The van der Waals surface area contributed by atoms with Gasteiger partial charge < -0.3 is 4.74 Å². The molecule has 8 heteroatoms. The molecule has 0 amide bonds. The number of halogens is 3. The maximum atomic E-state index is 10.7. The maximum Gasteiger partial charge on any atom is 0.522 e. The smallest absolute Gasteiger partial charge is 0.381 e. The number of hydrogen-bond donors (Lipinski definition) is 1. The van der Waals surface area contributed by atoms with Gasteiger partial charge in [-0.2, -0.15) is 21.6 Å². The Hall–Kier alpha value is -0.340. The van der Waals surface area contributed by atoms with E-state index in [4.69, 9.17) is 17.7 Å². The van der Waals surface area contributed by atoms with Crippen molar-refractivity contribution in [3.05, 3.63) is 0 Å². The van der Waals surface area contributed by atoms with Crippen LogP contribution in [0.4, 0.5) is 13.2 Å². The third-order valence-corrected chi connectivity index (χ3v) is 1.45. The van der Waals surface area contributed by atoms with Crippen molar-refractivity contribution in [1.82, 2.24) is 0 Å². The third-order valence-electron chi connectivity index (χ3n) is 0.870. The Kier molecular flexibility index (Phi) is 3.94. The molecular weight excluding hydrogens is 201 g/mol. The molecule has 0 aliphatic carbocycles. The van der Waals surface area contributed by atoms with E-state index in [0.29, 0.717) is 0 Å². The molecule has 1 heterocycles. The molecule has 0 aromatic heterocycles. The Labute approximate surface area is 67.1 Å². The molecule has 0 aromatic rings. The molecule has 1 aliphatic rings. The second-order valence-electron chi connectivity index (χ2n) is 1.89. The fraction of sp³-hybridized carbons (Fsp3) is 1.00. The molecule has 1 fully saturated rings. The van der Waals surface area contributed by atoms with Crippen molar-refractivity contribution >= 4 is 10.1 Å². The van der Waals surface area contributed by atoms with Crippen LogP contribution in [0.2, 0.25) is 0 Å². The van der Waals surface area contributed by atoms with Crippen molar-refractivity contribution in [2.75, 3.05) is 13.2 Å². The molecule has 1 saturated heterocycles. The number of rotatable bonds is 0. The molecule has 0 radical (unpaired) electrons. The first-order valence-corrected chi connectivity index (χ1v) is 4.30. The van der Waals surface area contributed by atoms with E-state index in [0.717, 1.165) is 13.2 Å². The van der Waals surface area contributed by atoms with Crippen molar-refractivity contribution in [3.63, 3.8) is 0 Å². The van der Waals surface area contributed by atoms with Crippen LogP contribution >= 0.6 is 0 Å². The molecule has 0 spiro atoms. The molecule has 0 atom stereocenters. The summed E-state index contributed by atoms with van der Waals surface area (Å²) in [5.74, 6) is 0. The number of ether oxygens (including phenoxy) is 1. The molecule has 0 saturated carbocycles. The lowest BCUT2D eigenvalue weighted by atomic mass is 10.4. The van der Waals surface area contributed by atoms with Gasteiger partial charge in [0.25, 0.3) is 0 Å². The lowest BCUT2D eigenvalue weighted by Gasteiger charge is -2.09. The highest BCUT2D eigenvalue weighted by Gasteiger charge is 2.44. The quantitative estimate of drug-likeness (QED) is 0.472. The lowest BCUT2D eigenvalue weighted by Crippen LogP contribution is -2.21. The van der Waals surface area contributed by atoms with Crippen molar-refractivity contribution < 1.29 is 30.9 Å². The van der Waals surface area contributed by atoms with Crippen LogP contribution in [0.25, 0.3) is 0 Å². The van der Waals surface area contributed by atoms with Crippen LogP contribution < -0.4 is 0 Å². The molecular formula is C4H7F3O4S. The van der Waals surface area contributed by atoms with E-state index in [-0.39, 0.29) is 0 Å². The van der Waals surface area contributed by atoms with Crippen LogP contribution in [0, 0.1) is 0 Å². The predicted octanol–water partition coefficient (Wildman–Crippen LogP) is 0.801. The number of hydrogen-bond acceptors (Lipinski definition) is 3. The van der Waals surface area contributed by atoms with Crippen molar-refractivity contribution in [3.8, 4) is 0 Å². The summed E-state index contributed by atoms with van der Waals surface area (Å²) in [5.41, 5.74) is -5.53. The van der Waals surface area contributed by atoms with Crippen molar-refractivity contribution in [1.29, 1.82) is 0 Å². The summed E-state index contributed by atoms with van der Waals surface area (Å²) in [6.45, 7) is 2.00. The van der Waals surface area contributed by atoms with E-state index in [1.165, 1.54) is 6.42 Å². The summed E-state index contributed by atoms with van der Waals surface area (Å²) in [6.07, 6.45) is 1.28. The molecule has 0 unspecified atom stereocenters. The minimum absolute atomic E-state index is 1.00. The van der Waals surface area contributed by atoms with Gasteiger partial charge in [0.05, 0.1) is 0 Å². The topological polar surface area (TPSA) is 63.6 Å². The molecule has 0 bridgehead atoms. The zero-order valence-corrected chi connectivity index (χ0v) is 6.65. The standard InChI is InChI=1S/C3H6O.CHF3O3S/c1-2-4-3-1;2-1(3,4)8(5,6)7/h1-3H2;(H,5,6,7). The van der Waals surface area contributed by atoms with Crippen LogP contribution in [0.3, 0.4) is 0 Å². The van der Waals surface area contributed by atoms with Gasteiger partial charge in [-0.15, -0.1) is 0 Å². The Morgan fingerprint density at radius 2 is 1.42 bits per heavy atom. The van der Waals surface area contributed by atoms with Gasteiger partial charge in [0.15, 0.2) is 0 Å². The summed E-state index contributed by atoms with van der Waals surface area (Å²) in [4.78, 5) is 0. The first-order valence-electron chi connectivity index (χ1n) is 2.86. The Balaban J connectivity index is 0.000000247. The van der Waals surface area contributed by atoms with Crippen molar-refractivity contribution in [2.45, 2.75) is 11.9 Å². The van der Waals surface area contributed by atoms with Gasteiger partial charge in [-0.3, -0.25) is 4.55 Å². The van der Waals surface area contributed by atoms with Crippen LogP contribution in [-0.4, -0.2) is 31.7 Å². The van der Waals surface area contributed by atoms with E-state index >= 15 is 0 Å². The van der Waals surface area contributed by atoms with Gasteiger partial charge in [-0.1, -0.05) is 0 Å². The first-order chi connectivity index (χ1) is 5.25. The zero-order chi connectivity index (χ0) is 9.83. The Bertz CT molecular complexity index is 211. The van der Waals surface area contributed by atoms with Crippen LogP contribution in [0.1, 0.15) is 6.42 Å². The van der Waals surface area contributed by atoms with E-state index in [1.54, 1.807) is 0 Å². The lowest BCUT2D eigenvalue weighted by molar-refractivity contribution is -0.0510. The van der Waals surface area contributed by atoms with Crippen LogP contribution in [0.15, 0.2) is 0 Å². The second-order valence-corrected chi connectivity index (χ2v) is 3.30. The minimum atomic E-state index is -5.84. The van der Waals surface area contributed by atoms with Gasteiger partial charge in [0, 0.05) is 13.2 Å². The van der Waals surface area contributed by atoms with Gasteiger partial charge in [-0.25, -0.2) is 0 Å². The van der Waals surface area contributed by atoms with E-state index in [2.05, 4.69) is 0 Å². The molecule has 4 nitrogen and oxygen atoms in total. The monoisotopic (exact) mass is 208 g/mol. The summed E-state index contributed by atoms with van der Waals surface area (Å²) in [7, 11) is -5.84. The highest BCUT2D eigenvalue weighted by atomic mass is 32.2. The normalized spacial score (nSPS) is 17.3. The van der Waals surface area contributed by atoms with Gasteiger partial charge in [-0.05, 0) is 6.42 Å². The van der Waals surface area contributed by atoms with E-state index in [1.807, 2.05) is 0 Å². The predicted molar refractivity (Wildman–Crippen MR) is 33.0 cm³/mol. The zero-order valence-electron chi connectivity index (χ0n) is 5.84. The fourth-order valence-electron chi connectivity index (χ4n) is 0.144. The Morgan fingerprint density at radius 1 is 1.25 bits per heavy atom. The molecule has 12 heavy (non-hydrogen) atoms. The first kappa shape index (κ1) is 11.7. The summed E-state index contributed by atoms with van der Waals surface area (Å²) >= 11 is 0. The summed E-state index contributed by atoms with van der Waals surface area (Å²) in [6, 6.07) is 0. The third kappa shape index (κ3) is 4.52. The Morgan fingerprint density at radius 3 is 1.42 bits per heavy atom. The molecule has 1 N–H and O–H groups in total. The van der Waals surface area contributed by atoms with E-state index < -0.39 is 15.6 Å². The maximum absolute atomic E-state index is 10.7. The minimum Gasteiger partial charge on any atom is -0.381 e. The summed E-state index contributed by atoms with van der Waals surface area (Å²) < 4.78 is 62.3. The average Bonchev–Trinajstić information content (AvgIpc) is 1.50. The molecule has 0 aromatic carbocycles. The van der Waals surface area contributed by atoms with Crippen molar-refractivity contribution in [2.24, 2.45) is 0 Å². The second kappa shape index (κ2) is 4.06. The number of alkyl halides is 3. The SMILES string of the molecule is C1COC1.O=S(=O)(O)C(F)(F)F. The van der Waals surface area contributed by atoms with Gasteiger partial charge in [0.1, 0.15) is 0 Å². The highest BCUT2D eigenvalue weighted by molar-refractivity contribution is 7.86. The van der Waals surface area contributed by atoms with Crippen LogP contribution in [0.5, 0.6) is 0 Å². The van der Waals surface area contributed by atoms with E-state index in [9.17, 15) is 13.2 Å². The fourth-order valence-corrected chi connectivity index (χ4v) is 0.144. The molecule has 74 valence electrons. The highest BCUT2D eigenvalue weighted by Crippen LogP contribution is 2.20.